The van der Waals surface area contributed by atoms with Gasteiger partial charge in [-0.25, -0.2) is 13.8 Å². The summed E-state index contributed by atoms with van der Waals surface area (Å²) in [6, 6.07) is 4.96. The maximum atomic E-state index is 14.0. The first kappa shape index (κ1) is 13.2. The number of aryl methyl sites for hydroxylation is 1. The number of fused-ring (bicyclic) bond motifs is 1. The van der Waals surface area contributed by atoms with Crippen molar-refractivity contribution < 1.29 is 13.9 Å². The summed E-state index contributed by atoms with van der Waals surface area (Å²) in [6.07, 6.45) is 0. The minimum atomic E-state index is -1.02. The summed E-state index contributed by atoms with van der Waals surface area (Å²) in [5.41, 5.74) is 6.91. The number of aromatic nitrogens is 3. The number of anilines is 1. The quantitative estimate of drug-likeness (QED) is 0.719. The molecular weight excluding hydrogens is 278 g/mol. The highest BCUT2D eigenvalue weighted by Crippen LogP contribution is 2.33. The van der Waals surface area contributed by atoms with Crippen LogP contribution in [0.25, 0.3) is 22.2 Å². The zero-order valence-electron chi connectivity index (χ0n) is 10.9. The Morgan fingerprint density at radius 2 is 1.90 bits per heavy atom. The standard InChI is InChI=1S/C14H10F2N4O/c1-6-4-7(5-9-13(6)18-14(17)20-19-9)11-8(15)2-3-10(21)12(11)16/h2-5,21H,1H3,(H2,17,18,20). The second kappa shape index (κ2) is 4.62. The monoisotopic (exact) mass is 288 g/mol. The van der Waals surface area contributed by atoms with Gasteiger partial charge < -0.3 is 10.8 Å². The van der Waals surface area contributed by atoms with Crippen LogP contribution in [0.1, 0.15) is 5.56 Å². The lowest BCUT2D eigenvalue weighted by molar-refractivity contribution is 0.429. The SMILES string of the molecule is Cc1cc(-c2c(F)ccc(O)c2F)cc2nnc(N)nc12. The third-order valence-electron chi connectivity index (χ3n) is 3.13. The van der Waals surface area contributed by atoms with Crippen LogP contribution in [0.3, 0.4) is 0 Å². The molecule has 21 heavy (non-hydrogen) atoms. The molecule has 106 valence electrons. The number of hydrogen-bond acceptors (Lipinski definition) is 5. The van der Waals surface area contributed by atoms with Crippen molar-refractivity contribution in [3.63, 3.8) is 0 Å². The van der Waals surface area contributed by atoms with Gasteiger partial charge in [0, 0.05) is 0 Å². The Labute approximate surface area is 118 Å². The Morgan fingerprint density at radius 3 is 2.67 bits per heavy atom. The van der Waals surface area contributed by atoms with Gasteiger partial charge in [0.1, 0.15) is 11.3 Å². The van der Waals surface area contributed by atoms with Gasteiger partial charge in [0.25, 0.3) is 0 Å². The van der Waals surface area contributed by atoms with Gasteiger partial charge in [-0.2, -0.15) is 0 Å². The molecule has 3 aromatic rings. The smallest absolute Gasteiger partial charge is 0.240 e. The number of nitrogens with two attached hydrogens (primary N) is 1. The first-order valence-electron chi connectivity index (χ1n) is 6.05. The largest absolute Gasteiger partial charge is 0.505 e. The fourth-order valence-corrected chi connectivity index (χ4v) is 2.18. The van der Waals surface area contributed by atoms with Gasteiger partial charge in [-0.15, -0.1) is 10.2 Å². The van der Waals surface area contributed by atoms with Crippen molar-refractivity contribution in [2.75, 3.05) is 5.73 Å². The fourth-order valence-electron chi connectivity index (χ4n) is 2.18. The Hall–Kier alpha value is -2.83. The van der Waals surface area contributed by atoms with Crippen molar-refractivity contribution in [3.05, 3.63) is 41.5 Å². The molecule has 3 rings (SSSR count). The third-order valence-corrected chi connectivity index (χ3v) is 3.13. The summed E-state index contributed by atoms with van der Waals surface area (Å²) >= 11 is 0. The van der Waals surface area contributed by atoms with E-state index in [0.29, 0.717) is 16.6 Å². The van der Waals surface area contributed by atoms with Crippen LogP contribution in [-0.4, -0.2) is 20.3 Å². The van der Waals surface area contributed by atoms with E-state index in [-0.39, 0.29) is 17.1 Å². The Morgan fingerprint density at radius 1 is 1.14 bits per heavy atom. The number of phenols is 1. The molecule has 1 aromatic heterocycles. The number of aromatic hydroxyl groups is 1. The summed E-state index contributed by atoms with van der Waals surface area (Å²) in [5.74, 6) is -2.40. The average molecular weight is 288 g/mol. The minimum absolute atomic E-state index is 0.0214. The highest BCUT2D eigenvalue weighted by Gasteiger charge is 2.17. The molecule has 0 aliphatic carbocycles. The van der Waals surface area contributed by atoms with E-state index in [1.165, 1.54) is 6.07 Å². The van der Waals surface area contributed by atoms with E-state index >= 15 is 0 Å². The predicted octanol–water partition coefficient (Wildman–Crippen LogP) is 2.57. The van der Waals surface area contributed by atoms with Crippen LogP contribution in [-0.2, 0) is 0 Å². The van der Waals surface area contributed by atoms with Crippen LogP contribution < -0.4 is 5.73 Å². The Bertz CT molecular complexity index is 867. The molecule has 7 heteroatoms. The fraction of sp³-hybridized carbons (Fsp3) is 0.0714. The summed E-state index contributed by atoms with van der Waals surface area (Å²) in [7, 11) is 0. The van der Waals surface area contributed by atoms with E-state index in [2.05, 4.69) is 15.2 Å². The molecule has 1 heterocycles. The van der Waals surface area contributed by atoms with Crippen molar-refractivity contribution in [1.29, 1.82) is 0 Å². The topological polar surface area (TPSA) is 84.9 Å². The van der Waals surface area contributed by atoms with Crippen molar-refractivity contribution in [3.8, 4) is 16.9 Å². The summed E-state index contributed by atoms with van der Waals surface area (Å²) in [6.45, 7) is 1.72. The van der Waals surface area contributed by atoms with Crippen LogP contribution in [0.5, 0.6) is 5.75 Å². The summed E-state index contributed by atoms with van der Waals surface area (Å²) in [4.78, 5) is 4.04. The normalized spacial score (nSPS) is 11.0. The van der Waals surface area contributed by atoms with Gasteiger partial charge >= 0.3 is 0 Å². The molecule has 0 aliphatic rings. The zero-order chi connectivity index (χ0) is 15.1. The number of nitrogen functional groups attached to an aromatic ring is 1. The average Bonchev–Trinajstić information content (AvgIpc) is 2.44. The summed E-state index contributed by atoms with van der Waals surface area (Å²) < 4.78 is 27.9. The summed E-state index contributed by atoms with van der Waals surface area (Å²) in [5, 5.41) is 16.9. The molecule has 0 atom stereocenters. The number of nitrogens with zero attached hydrogens (tertiary/aromatic N) is 3. The molecule has 5 nitrogen and oxygen atoms in total. The molecule has 2 aromatic carbocycles. The van der Waals surface area contributed by atoms with Crippen LogP contribution in [0.2, 0.25) is 0 Å². The molecule has 0 fully saturated rings. The Balaban J connectivity index is 2.32. The first-order chi connectivity index (χ1) is 9.97. The predicted molar refractivity (Wildman–Crippen MR) is 73.5 cm³/mol. The lowest BCUT2D eigenvalue weighted by Gasteiger charge is -2.09. The van der Waals surface area contributed by atoms with Gasteiger partial charge in [-0.3, -0.25) is 0 Å². The van der Waals surface area contributed by atoms with E-state index in [1.54, 1.807) is 13.0 Å². The Kier molecular flexibility index (Phi) is 2.90. The molecule has 0 spiro atoms. The third kappa shape index (κ3) is 2.12. The highest BCUT2D eigenvalue weighted by molar-refractivity contribution is 5.85. The van der Waals surface area contributed by atoms with Gasteiger partial charge in [-0.05, 0) is 42.3 Å². The first-order valence-corrected chi connectivity index (χ1v) is 6.05. The van der Waals surface area contributed by atoms with Gasteiger partial charge in [0.15, 0.2) is 11.6 Å². The maximum Gasteiger partial charge on any atom is 0.240 e. The van der Waals surface area contributed by atoms with Crippen LogP contribution in [0.4, 0.5) is 14.7 Å². The number of hydrogen-bond donors (Lipinski definition) is 2. The second-order valence-electron chi connectivity index (χ2n) is 4.59. The lowest BCUT2D eigenvalue weighted by atomic mass is 10.0. The molecule has 0 aliphatic heterocycles. The van der Waals surface area contributed by atoms with E-state index in [4.69, 9.17) is 5.73 Å². The maximum absolute atomic E-state index is 14.0. The van der Waals surface area contributed by atoms with Crippen molar-refractivity contribution >= 4 is 17.0 Å². The van der Waals surface area contributed by atoms with Gasteiger partial charge in [-0.1, -0.05) is 0 Å². The van der Waals surface area contributed by atoms with E-state index in [1.807, 2.05) is 0 Å². The molecule has 0 saturated carbocycles. The van der Waals surface area contributed by atoms with Crippen molar-refractivity contribution in [1.82, 2.24) is 15.2 Å². The molecule has 0 amide bonds. The van der Waals surface area contributed by atoms with E-state index in [0.717, 1.165) is 12.1 Å². The molecule has 0 bridgehead atoms. The second-order valence-corrected chi connectivity index (χ2v) is 4.59. The zero-order valence-corrected chi connectivity index (χ0v) is 10.9. The number of halogens is 2. The van der Waals surface area contributed by atoms with Crippen molar-refractivity contribution in [2.45, 2.75) is 6.92 Å². The number of phenolic OH excluding ortho intramolecular Hbond substituents is 1. The molecule has 0 unspecified atom stereocenters. The minimum Gasteiger partial charge on any atom is -0.505 e. The lowest BCUT2D eigenvalue weighted by Crippen LogP contribution is -2.00. The van der Waals surface area contributed by atoms with Gasteiger partial charge in [0.05, 0.1) is 11.1 Å². The molecule has 3 N–H and O–H groups in total. The molecule has 0 radical (unpaired) electrons. The van der Waals surface area contributed by atoms with Crippen molar-refractivity contribution in [2.24, 2.45) is 0 Å². The van der Waals surface area contributed by atoms with Gasteiger partial charge in [0.2, 0.25) is 5.95 Å². The highest BCUT2D eigenvalue weighted by atomic mass is 19.1. The van der Waals surface area contributed by atoms with Crippen LogP contribution in [0, 0.1) is 18.6 Å². The molecule has 0 saturated heterocycles. The van der Waals surface area contributed by atoms with Crippen LogP contribution >= 0.6 is 0 Å². The van der Waals surface area contributed by atoms with Crippen LogP contribution in [0.15, 0.2) is 24.3 Å². The molecular formula is C14H10F2N4O. The van der Waals surface area contributed by atoms with E-state index < -0.39 is 17.4 Å². The number of benzene rings is 2. The van der Waals surface area contributed by atoms with E-state index in [9.17, 15) is 13.9 Å². The number of rotatable bonds is 1.